The Bertz CT molecular complexity index is 302. The van der Waals surface area contributed by atoms with Crippen LogP contribution >= 0.6 is 15.9 Å². The van der Waals surface area contributed by atoms with Gasteiger partial charge in [0.15, 0.2) is 0 Å². The molecule has 0 amide bonds. The molecule has 0 heterocycles. The van der Waals surface area contributed by atoms with Crippen molar-refractivity contribution >= 4 is 15.9 Å². The standard InChI is InChI=1S/C9H12BrNO2/c1-6-3-8(10)4-7(9(6)12)5-11-13-2/h3-4,11-12H,5H2,1-2H3. The van der Waals surface area contributed by atoms with Gasteiger partial charge in [-0.1, -0.05) is 15.9 Å². The van der Waals surface area contributed by atoms with Gasteiger partial charge in [-0.25, -0.2) is 0 Å². The molecule has 2 N–H and O–H groups in total. The molecule has 0 unspecified atom stereocenters. The number of hydrogen-bond donors (Lipinski definition) is 2. The Hall–Kier alpha value is -0.580. The van der Waals surface area contributed by atoms with Gasteiger partial charge >= 0.3 is 0 Å². The molecule has 0 bridgehead atoms. The highest BCUT2D eigenvalue weighted by Crippen LogP contribution is 2.26. The summed E-state index contributed by atoms with van der Waals surface area (Å²) in [5, 5.41) is 9.63. The lowest BCUT2D eigenvalue weighted by molar-refractivity contribution is 0.0861. The van der Waals surface area contributed by atoms with E-state index in [-0.39, 0.29) is 0 Å². The molecule has 1 aromatic rings. The van der Waals surface area contributed by atoms with Crippen LogP contribution in [0.15, 0.2) is 16.6 Å². The van der Waals surface area contributed by atoms with Gasteiger partial charge in [-0.3, -0.25) is 0 Å². The van der Waals surface area contributed by atoms with Crippen LogP contribution in [0.3, 0.4) is 0 Å². The fraction of sp³-hybridized carbons (Fsp3) is 0.333. The molecular formula is C9H12BrNO2. The average Bonchev–Trinajstić information content (AvgIpc) is 2.09. The summed E-state index contributed by atoms with van der Waals surface area (Å²) in [5.74, 6) is 0.313. The topological polar surface area (TPSA) is 41.5 Å². The molecule has 0 aliphatic carbocycles. The highest BCUT2D eigenvalue weighted by atomic mass is 79.9. The molecule has 0 fully saturated rings. The summed E-state index contributed by atoms with van der Waals surface area (Å²) in [6.45, 7) is 2.35. The largest absolute Gasteiger partial charge is 0.507 e. The van der Waals surface area contributed by atoms with Crippen molar-refractivity contribution in [2.45, 2.75) is 13.5 Å². The monoisotopic (exact) mass is 245 g/mol. The molecule has 0 spiro atoms. The minimum atomic E-state index is 0.313. The first-order valence-electron chi connectivity index (χ1n) is 3.89. The maximum absolute atomic E-state index is 9.63. The summed E-state index contributed by atoms with van der Waals surface area (Å²) in [6.07, 6.45) is 0. The average molecular weight is 246 g/mol. The zero-order chi connectivity index (χ0) is 9.84. The van der Waals surface area contributed by atoms with Crippen LogP contribution in [0.5, 0.6) is 5.75 Å². The van der Waals surface area contributed by atoms with Crippen molar-refractivity contribution in [3.05, 3.63) is 27.7 Å². The molecule has 13 heavy (non-hydrogen) atoms. The molecule has 0 radical (unpaired) electrons. The van der Waals surface area contributed by atoms with Crippen molar-refractivity contribution in [3.63, 3.8) is 0 Å². The first-order valence-corrected chi connectivity index (χ1v) is 4.68. The second kappa shape index (κ2) is 4.60. The van der Waals surface area contributed by atoms with Gasteiger partial charge in [0.05, 0.1) is 7.11 Å². The molecule has 3 nitrogen and oxygen atoms in total. The molecule has 1 aromatic carbocycles. The molecular weight excluding hydrogens is 234 g/mol. The number of aryl methyl sites for hydroxylation is 1. The Morgan fingerprint density at radius 3 is 2.85 bits per heavy atom. The number of phenolic OH excluding ortho intramolecular Hbond substituents is 1. The maximum Gasteiger partial charge on any atom is 0.123 e. The first kappa shape index (κ1) is 10.5. The summed E-state index contributed by atoms with van der Waals surface area (Å²) in [6, 6.07) is 3.72. The number of benzene rings is 1. The van der Waals surface area contributed by atoms with E-state index in [2.05, 4.69) is 21.4 Å². The molecule has 0 saturated carbocycles. The van der Waals surface area contributed by atoms with Gasteiger partial charge in [-0.05, 0) is 24.6 Å². The van der Waals surface area contributed by atoms with Crippen LogP contribution in [-0.4, -0.2) is 12.2 Å². The summed E-state index contributed by atoms with van der Waals surface area (Å²) in [7, 11) is 1.54. The summed E-state index contributed by atoms with van der Waals surface area (Å²) in [5.41, 5.74) is 4.34. The quantitative estimate of drug-likeness (QED) is 0.802. The number of aromatic hydroxyl groups is 1. The van der Waals surface area contributed by atoms with Crippen LogP contribution in [0.2, 0.25) is 0 Å². The molecule has 0 aliphatic rings. The third-order valence-electron chi connectivity index (χ3n) is 1.75. The highest BCUT2D eigenvalue weighted by molar-refractivity contribution is 9.10. The Balaban J connectivity index is 2.92. The molecule has 0 aliphatic heterocycles. The van der Waals surface area contributed by atoms with Gasteiger partial charge in [0.25, 0.3) is 0 Å². The van der Waals surface area contributed by atoms with Crippen molar-refractivity contribution in [2.75, 3.05) is 7.11 Å². The van der Waals surface area contributed by atoms with Crippen molar-refractivity contribution in [1.29, 1.82) is 0 Å². The molecule has 0 atom stereocenters. The summed E-state index contributed by atoms with van der Waals surface area (Å²) >= 11 is 3.36. The van der Waals surface area contributed by atoms with E-state index in [0.29, 0.717) is 12.3 Å². The van der Waals surface area contributed by atoms with Gasteiger partial charge < -0.3 is 9.94 Å². The van der Waals surface area contributed by atoms with Gasteiger partial charge in [-0.2, -0.15) is 5.48 Å². The Kier molecular flexibility index (Phi) is 3.71. The number of nitrogens with one attached hydrogen (secondary N) is 1. The molecule has 0 saturated heterocycles. The predicted molar refractivity (Wildman–Crippen MR) is 54.4 cm³/mol. The van der Waals surface area contributed by atoms with Crippen LogP contribution in [-0.2, 0) is 11.4 Å². The lowest BCUT2D eigenvalue weighted by Gasteiger charge is -2.08. The maximum atomic E-state index is 9.63. The van der Waals surface area contributed by atoms with Crippen molar-refractivity contribution < 1.29 is 9.94 Å². The van der Waals surface area contributed by atoms with Crippen molar-refractivity contribution in [2.24, 2.45) is 0 Å². The van der Waals surface area contributed by atoms with E-state index in [0.717, 1.165) is 15.6 Å². The Morgan fingerprint density at radius 1 is 1.54 bits per heavy atom. The molecule has 0 aromatic heterocycles. The number of phenols is 1. The third kappa shape index (κ3) is 2.69. The van der Waals surface area contributed by atoms with E-state index in [1.54, 1.807) is 7.11 Å². The minimum Gasteiger partial charge on any atom is -0.507 e. The lowest BCUT2D eigenvalue weighted by Crippen LogP contribution is -2.11. The van der Waals surface area contributed by atoms with Gasteiger partial charge in [0.2, 0.25) is 0 Å². The summed E-state index contributed by atoms with van der Waals surface area (Å²) < 4.78 is 0.954. The van der Waals surface area contributed by atoms with Crippen LogP contribution < -0.4 is 5.48 Å². The van der Waals surface area contributed by atoms with Gasteiger partial charge in [0.1, 0.15) is 5.75 Å². The number of halogens is 1. The van der Waals surface area contributed by atoms with Crippen LogP contribution in [0, 0.1) is 6.92 Å². The molecule has 4 heteroatoms. The van der Waals surface area contributed by atoms with Crippen LogP contribution in [0.1, 0.15) is 11.1 Å². The number of rotatable bonds is 3. The SMILES string of the molecule is CONCc1cc(Br)cc(C)c1O. The third-order valence-corrected chi connectivity index (χ3v) is 2.21. The molecule has 72 valence electrons. The van der Waals surface area contributed by atoms with Crippen LogP contribution in [0.25, 0.3) is 0 Å². The van der Waals surface area contributed by atoms with E-state index in [9.17, 15) is 5.11 Å². The van der Waals surface area contributed by atoms with E-state index in [1.165, 1.54) is 0 Å². The Labute approximate surface area is 85.8 Å². The number of hydrogen-bond acceptors (Lipinski definition) is 3. The Morgan fingerprint density at radius 2 is 2.23 bits per heavy atom. The number of hydroxylamine groups is 1. The van der Waals surface area contributed by atoms with E-state index in [4.69, 9.17) is 4.84 Å². The van der Waals surface area contributed by atoms with Crippen molar-refractivity contribution in [1.82, 2.24) is 5.48 Å². The van der Waals surface area contributed by atoms with Gasteiger partial charge in [-0.15, -0.1) is 0 Å². The van der Waals surface area contributed by atoms with E-state index in [1.807, 2.05) is 19.1 Å². The highest BCUT2D eigenvalue weighted by Gasteiger charge is 2.05. The molecule has 1 rings (SSSR count). The minimum absolute atomic E-state index is 0.313. The first-order chi connectivity index (χ1) is 6.15. The fourth-order valence-electron chi connectivity index (χ4n) is 1.09. The zero-order valence-electron chi connectivity index (χ0n) is 7.60. The smallest absolute Gasteiger partial charge is 0.123 e. The van der Waals surface area contributed by atoms with Gasteiger partial charge in [0, 0.05) is 16.6 Å². The fourth-order valence-corrected chi connectivity index (χ4v) is 1.71. The predicted octanol–water partition coefficient (Wildman–Crippen LogP) is 2.11. The van der Waals surface area contributed by atoms with E-state index >= 15 is 0 Å². The second-order valence-electron chi connectivity index (χ2n) is 2.76. The summed E-state index contributed by atoms with van der Waals surface area (Å²) in [4.78, 5) is 4.70. The van der Waals surface area contributed by atoms with E-state index < -0.39 is 0 Å². The van der Waals surface area contributed by atoms with Crippen LogP contribution in [0.4, 0.5) is 0 Å². The second-order valence-corrected chi connectivity index (χ2v) is 3.67. The lowest BCUT2D eigenvalue weighted by atomic mass is 10.1. The normalized spacial score (nSPS) is 10.4. The van der Waals surface area contributed by atoms with Crippen molar-refractivity contribution in [3.8, 4) is 5.75 Å². The zero-order valence-corrected chi connectivity index (χ0v) is 9.18.